The zero-order chi connectivity index (χ0) is 20.4. The van der Waals surface area contributed by atoms with Crippen molar-refractivity contribution in [3.63, 3.8) is 0 Å². The predicted octanol–water partition coefficient (Wildman–Crippen LogP) is -0.305. The van der Waals surface area contributed by atoms with E-state index < -0.39 is 0 Å². The average Bonchev–Trinajstić information content (AvgIpc) is 2.69. The maximum absolute atomic E-state index is 12.8. The fourth-order valence-electron chi connectivity index (χ4n) is 2.72. The predicted molar refractivity (Wildman–Crippen MR) is 108 cm³/mol. The molecule has 0 atom stereocenters. The van der Waals surface area contributed by atoms with Gasteiger partial charge in [0, 0.05) is 25.0 Å². The standard InChI is InChI=1S/C19H27N7O2/c1-2-15-12-23-16(9-8-14-6-4-3-5-7-14)18(28)26(15)13-17(27)22-10-11-24-25-19(20)21/h3-7,12,24H,2,8-11,13H2,1H3,(H,22,27)(H4,20,21,25). The van der Waals surface area contributed by atoms with Crippen LogP contribution in [0.1, 0.15) is 23.9 Å². The summed E-state index contributed by atoms with van der Waals surface area (Å²) in [6, 6.07) is 9.91. The SMILES string of the molecule is CCc1cnc(CCc2ccccc2)c(=O)n1CC(=O)NCCNNC(=N)N. The highest BCUT2D eigenvalue weighted by atomic mass is 16.2. The normalized spacial score (nSPS) is 10.5. The van der Waals surface area contributed by atoms with E-state index in [0.29, 0.717) is 31.6 Å². The van der Waals surface area contributed by atoms with Gasteiger partial charge in [0.25, 0.3) is 5.56 Å². The Hall–Kier alpha value is -3.20. The summed E-state index contributed by atoms with van der Waals surface area (Å²) in [6.07, 6.45) is 3.52. The number of rotatable bonds is 10. The first-order valence-corrected chi connectivity index (χ1v) is 9.22. The molecule has 0 spiro atoms. The van der Waals surface area contributed by atoms with Gasteiger partial charge in [0.15, 0.2) is 5.96 Å². The smallest absolute Gasteiger partial charge is 0.272 e. The van der Waals surface area contributed by atoms with Gasteiger partial charge in [-0.1, -0.05) is 37.3 Å². The molecule has 0 bridgehead atoms. The van der Waals surface area contributed by atoms with Gasteiger partial charge < -0.3 is 15.6 Å². The van der Waals surface area contributed by atoms with Crippen LogP contribution in [0.2, 0.25) is 0 Å². The van der Waals surface area contributed by atoms with Gasteiger partial charge in [-0.3, -0.25) is 25.4 Å². The molecule has 28 heavy (non-hydrogen) atoms. The Morgan fingerprint density at radius 1 is 1.21 bits per heavy atom. The largest absolute Gasteiger partial charge is 0.369 e. The molecule has 9 heteroatoms. The van der Waals surface area contributed by atoms with E-state index in [-0.39, 0.29) is 24.0 Å². The Morgan fingerprint density at radius 3 is 2.64 bits per heavy atom. The molecule has 1 amide bonds. The maximum Gasteiger partial charge on any atom is 0.272 e. The van der Waals surface area contributed by atoms with Crippen molar-refractivity contribution >= 4 is 11.9 Å². The number of amides is 1. The summed E-state index contributed by atoms with van der Waals surface area (Å²) >= 11 is 0. The second-order valence-corrected chi connectivity index (χ2v) is 6.24. The topological polar surface area (TPSA) is 138 Å². The number of carbonyl (C=O) groups excluding carboxylic acids is 1. The second-order valence-electron chi connectivity index (χ2n) is 6.24. The number of carbonyl (C=O) groups is 1. The molecule has 0 aliphatic carbocycles. The maximum atomic E-state index is 12.8. The Balaban J connectivity index is 1.98. The summed E-state index contributed by atoms with van der Waals surface area (Å²) in [7, 11) is 0. The quantitative estimate of drug-likeness (QED) is 0.165. The highest BCUT2D eigenvalue weighted by Gasteiger charge is 2.12. The van der Waals surface area contributed by atoms with Crippen LogP contribution >= 0.6 is 0 Å². The third-order valence-corrected chi connectivity index (χ3v) is 4.16. The number of guanidine groups is 1. The van der Waals surface area contributed by atoms with E-state index >= 15 is 0 Å². The van der Waals surface area contributed by atoms with Crippen LogP contribution in [0.15, 0.2) is 41.3 Å². The summed E-state index contributed by atoms with van der Waals surface area (Å²) in [6.45, 7) is 2.59. The summed E-state index contributed by atoms with van der Waals surface area (Å²) in [5.74, 6) is -0.466. The van der Waals surface area contributed by atoms with Crippen molar-refractivity contribution < 1.29 is 4.79 Å². The first kappa shape index (κ1) is 21.1. The summed E-state index contributed by atoms with van der Waals surface area (Å²) in [4.78, 5) is 29.4. The monoisotopic (exact) mass is 385 g/mol. The highest BCUT2D eigenvalue weighted by molar-refractivity contribution is 5.75. The van der Waals surface area contributed by atoms with Crippen LogP contribution in [0.5, 0.6) is 0 Å². The molecular weight excluding hydrogens is 358 g/mol. The molecule has 150 valence electrons. The second kappa shape index (κ2) is 10.8. The average molecular weight is 385 g/mol. The molecule has 0 radical (unpaired) electrons. The number of benzene rings is 1. The molecule has 1 aromatic heterocycles. The van der Waals surface area contributed by atoms with Crippen molar-refractivity contribution in [1.82, 2.24) is 25.7 Å². The zero-order valence-electron chi connectivity index (χ0n) is 16.0. The highest BCUT2D eigenvalue weighted by Crippen LogP contribution is 2.04. The van der Waals surface area contributed by atoms with E-state index in [1.807, 2.05) is 37.3 Å². The van der Waals surface area contributed by atoms with Crippen molar-refractivity contribution in [2.24, 2.45) is 5.73 Å². The minimum atomic E-state index is -0.262. The fourth-order valence-corrected chi connectivity index (χ4v) is 2.72. The Labute approximate surface area is 163 Å². The van der Waals surface area contributed by atoms with Gasteiger partial charge in [0.05, 0.1) is 0 Å². The molecule has 0 saturated carbocycles. The van der Waals surface area contributed by atoms with E-state index in [0.717, 1.165) is 17.7 Å². The van der Waals surface area contributed by atoms with Gasteiger partial charge >= 0.3 is 0 Å². The van der Waals surface area contributed by atoms with Crippen LogP contribution < -0.4 is 27.5 Å². The van der Waals surface area contributed by atoms with Gasteiger partial charge in [-0.25, -0.2) is 5.43 Å². The Morgan fingerprint density at radius 2 is 1.96 bits per heavy atom. The lowest BCUT2D eigenvalue weighted by Crippen LogP contribution is -2.45. The molecule has 2 rings (SSSR count). The van der Waals surface area contributed by atoms with E-state index in [4.69, 9.17) is 11.1 Å². The number of aryl methyl sites for hydroxylation is 3. The third-order valence-electron chi connectivity index (χ3n) is 4.16. The zero-order valence-corrected chi connectivity index (χ0v) is 16.0. The minimum Gasteiger partial charge on any atom is -0.369 e. The number of aromatic nitrogens is 2. The molecule has 2 aromatic rings. The first-order valence-electron chi connectivity index (χ1n) is 9.22. The summed E-state index contributed by atoms with van der Waals surface area (Å²) in [5, 5.41) is 9.74. The lowest BCUT2D eigenvalue weighted by molar-refractivity contribution is -0.121. The molecule has 0 fully saturated rings. The van der Waals surface area contributed by atoms with E-state index in [9.17, 15) is 9.59 Å². The fraction of sp³-hybridized carbons (Fsp3) is 0.368. The van der Waals surface area contributed by atoms with Crippen molar-refractivity contribution in [1.29, 1.82) is 5.41 Å². The number of hydrogen-bond acceptors (Lipinski definition) is 5. The molecule has 6 N–H and O–H groups in total. The number of nitrogens with zero attached hydrogens (tertiary/aromatic N) is 2. The molecular formula is C19H27N7O2. The Bertz CT molecular complexity index is 849. The first-order chi connectivity index (χ1) is 13.5. The van der Waals surface area contributed by atoms with Crippen molar-refractivity contribution in [2.45, 2.75) is 32.7 Å². The van der Waals surface area contributed by atoms with E-state index in [1.165, 1.54) is 4.57 Å². The molecule has 9 nitrogen and oxygen atoms in total. The molecule has 0 aliphatic heterocycles. The van der Waals surface area contributed by atoms with Gasteiger partial charge in [-0.05, 0) is 24.8 Å². The summed E-state index contributed by atoms with van der Waals surface area (Å²) in [5.41, 5.74) is 12.4. The number of nitrogens with one attached hydrogen (secondary N) is 4. The Kier molecular flexibility index (Phi) is 8.16. The van der Waals surface area contributed by atoms with Gasteiger partial charge in [-0.15, -0.1) is 0 Å². The van der Waals surface area contributed by atoms with Gasteiger partial charge in [-0.2, -0.15) is 0 Å². The molecule has 0 unspecified atom stereocenters. The van der Waals surface area contributed by atoms with Crippen molar-refractivity contribution in [3.05, 3.63) is 63.8 Å². The molecule has 1 aromatic carbocycles. The van der Waals surface area contributed by atoms with Gasteiger partial charge in [0.1, 0.15) is 12.2 Å². The number of hydrogen-bond donors (Lipinski definition) is 5. The molecule has 0 aliphatic rings. The van der Waals surface area contributed by atoms with E-state index in [2.05, 4.69) is 21.2 Å². The van der Waals surface area contributed by atoms with Crippen LogP contribution in [-0.2, 0) is 30.6 Å². The lowest BCUT2D eigenvalue weighted by atomic mass is 10.1. The van der Waals surface area contributed by atoms with Crippen LogP contribution in [0.25, 0.3) is 0 Å². The lowest BCUT2D eigenvalue weighted by Gasteiger charge is -2.13. The summed E-state index contributed by atoms with van der Waals surface area (Å²) < 4.78 is 1.49. The molecule has 1 heterocycles. The van der Waals surface area contributed by atoms with E-state index in [1.54, 1.807) is 6.20 Å². The van der Waals surface area contributed by atoms with Crippen molar-refractivity contribution in [2.75, 3.05) is 13.1 Å². The van der Waals surface area contributed by atoms with Crippen LogP contribution in [0.4, 0.5) is 0 Å². The molecule has 0 saturated heterocycles. The number of hydrazine groups is 1. The third kappa shape index (κ3) is 6.51. The van der Waals surface area contributed by atoms with Crippen LogP contribution in [-0.4, -0.2) is 34.5 Å². The minimum absolute atomic E-state index is 0.0526. The number of nitrogens with two attached hydrogens (primary N) is 1. The van der Waals surface area contributed by atoms with Crippen molar-refractivity contribution in [3.8, 4) is 0 Å². The van der Waals surface area contributed by atoms with Gasteiger partial charge in [0.2, 0.25) is 5.91 Å². The van der Waals surface area contributed by atoms with Crippen LogP contribution in [0.3, 0.4) is 0 Å². The van der Waals surface area contributed by atoms with Crippen LogP contribution in [0, 0.1) is 5.41 Å².